The number of primary sulfonamides is 1. The second kappa shape index (κ2) is 8.96. The van der Waals surface area contributed by atoms with E-state index in [0.29, 0.717) is 12.2 Å². The summed E-state index contributed by atoms with van der Waals surface area (Å²) < 4.78 is 26.2. The molecule has 0 amide bonds. The summed E-state index contributed by atoms with van der Waals surface area (Å²) in [5.74, 6) is 0.458. The Balaban J connectivity index is 0.000000224. The van der Waals surface area contributed by atoms with Crippen molar-refractivity contribution >= 4 is 16.0 Å². The van der Waals surface area contributed by atoms with Gasteiger partial charge >= 0.3 is 5.97 Å². The van der Waals surface area contributed by atoms with E-state index in [-0.39, 0.29) is 10.9 Å². The first-order valence-electron chi connectivity index (χ1n) is 6.77. The third kappa shape index (κ3) is 7.01. The van der Waals surface area contributed by atoms with E-state index in [2.05, 4.69) is 0 Å². The smallest absolute Gasteiger partial charge is 0.311 e. The Kier molecular flexibility index (Phi) is 7.28. The van der Waals surface area contributed by atoms with Crippen molar-refractivity contribution in [1.29, 1.82) is 0 Å². The Bertz CT molecular complexity index is 670. The molecule has 0 fully saturated rings. The van der Waals surface area contributed by atoms with Crippen LogP contribution >= 0.6 is 0 Å². The Hall–Kier alpha value is -2.18. The predicted molar refractivity (Wildman–Crippen MR) is 84.8 cm³/mol. The molecule has 0 bridgehead atoms. The molecule has 0 aliphatic heterocycles. The average molecular weight is 321 g/mol. The van der Waals surface area contributed by atoms with E-state index in [1.165, 1.54) is 12.1 Å². The van der Waals surface area contributed by atoms with Gasteiger partial charge in [-0.25, -0.2) is 13.6 Å². The van der Waals surface area contributed by atoms with Crippen molar-refractivity contribution in [2.45, 2.75) is 24.7 Å². The van der Waals surface area contributed by atoms with Crippen LogP contribution < -0.4 is 9.88 Å². The van der Waals surface area contributed by atoms with Gasteiger partial charge in [0.1, 0.15) is 5.75 Å². The number of carbonyl (C=O) groups is 1. The van der Waals surface area contributed by atoms with Crippen LogP contribution in [0, 0.1) is 0 Å². The van der Waals surface area contributed by atoms with Crippen LogP contribution in [0.4, 0.5) is 0 Å². The lowest BCUT2D eigenvalue weighted by Crippen LogP contribution is -2.11. The van der Waals surface area contributed by atoms with Gasteiger partial charge in [-0.15, -0.1) is 0 Å². The van der Waals surface area contributed by atoms with Crippen LogP contribution in [0.5, 0.6) is 5.75 Å². The van der Waals surface area contributed by atoms with Crippen LogP contribution in [0.15, 0.2) is 65.6 Å². The minimum absolute atomic E-state index is 0.148. The fourth-order valence-corrected chi connectivity index (χ4v) is 2.02. The predicted octanol–water partition coefficient (Wildman–Crippen LogP) is 2.73. The Morgan fingerprint density at radius 1 is 1.00 bits per heavy atom. The number of sulfonamides is 1. The highest BCUT2D eigenvalue weighted by atomic mass is 32.2. The molecule has 22 heavy (non-hydrogen) atoms. The second-order valence-electron chi connectivity index (χ2n) is 4.40. The van der Waals surface area contributed by atoms with Crippen LogP contribution in [0.3, 0.4) is 0 Å². The van der Waals surface area contributed by atoms with Gasteiger partial charge in [0.15, 0.2) is 0 Å². The molecule has 6 heteroatoms. The van der Waals surface area contributed by atoms with E-state index >= 15 is 0 Å². The highest BCUT2D eigenvalue weighted by molar-refractivity contribution is 7.89. The van der Waals surface area contributed by atoms with E-state index in [0.717, 1.165) is 6.42 Å². The topological polar surface area (TPSA) is 86.5 Å². The zero-order valence-corrected chi connectivity index (χ0v) is 13.1. The zero-order chi connectivity index (χ0) is 16.4. The largest absolute Gasteiger partial charge is 0.427 e. The van der Waals surface area contributed by atoms with Crippen molar-refractivity contribution in [2.24, 2.45) is 5.14 Å². The summed E-state index contributed by atoms with van der Waals surface area (Å²) >= 11 is 0. The van der Waals surface area contributed by atoms with Gasteiger partial charge in [0.2, 0.25) is 10.0 Å². The van der Waals surface area contributed by atoms with Gasteiger partial charge < -0.3 is 4.74 Å². The number of para-hydroxylation sites is 1. The first kappa shape index (κ1) is 17.9. The number of esters is 1. The molecule has 2 rings (SSSR count). The average Bonchev–Trinajstić information content (AvgIpc) is 2.49. The van der Waals surface area contributed by atoms with Crippen molar-refractivity contribution in [3.8, 4) is 5.75 Å². The molecule has 2 aromatic rings. The monoisotopic (exact) mass is 321 g/mol. The number of carbonyl (C=O) groups excluding carboxylic acids is 1. The van der Waals surface area contributed by atoms with Gasteiger partial charge in [0, 0.05) is 6.42 Å². The van der Waals surface area contributed by atoms with Crippen molar-refractivity contribution < 1.29 is 17.9 Å². The first-order valence-corrected chi connectivity index (χ1v) is 8.31. The Labute approximate surface area is 130 Å². The maximum Gasteiger partial charge on any atom is 0.311 e. The van der Waals surface area contributed by atoms with E-state index in [9.17, 15) is 13.2 Å². The molecular formula is C16H19NO4S. The van der Waals surface area contributed by atoms with E-state index in [4.69, 9.17) is 9.88 Å². The van der Waals surface area contributed by atoms with E-state index in [1.807, 2.05) is 25.1 Å². The summed E-state index contributed by atoms with van der Waals surface area (Å²) in [6, 6.07) is 17.0. The van der Waals surface area contributed by atoms with Crippen LogP contribution in [0.2, 0.25) is 0 Å². The van der Waals surface area contributed by atoms with Crippen LogP contribution in [0.25, 0.3) is 0 Å². The third-order valence-electron chi connectivity index (χ3n) is 2.50. The molecule has 0 aliphatic rings. The molecule has 0 saturated carbocycles. The van der Waals surface area contributed by atoms with Gasteiger partial charge in [-0.1, -0.05) is 43.3 Å². The highest BCUT2D eigenvalue weighted by Gasteiger charge is 2.03. The minimum Gasteiger partial charge on any atom is -0.427 e. The number of rotatable bonds is 4. The number of hydrogen-bond acceptors (Lipinski definition) is 4. The maximum absolute atomic E-state index is 11.0. The summed E-state index contributed by atoms with van der Waals surface area (Å²) in [5, 5.41) is 4.83. The van der Waals surface area contributed by atoms with Crippen LogP contribution in [-0.4, -0.2) is 14.4 Å². The summed E-state index contributed by atoms with van der Waals surface area (Å²) in [6.07, 6.45) is 1.31. The summed E-state index contributed by atoms with van der Waals surface area (Å²) in [4.78, 5) is 11.1. The maximum atomic E-state index is 11.0. The molecule has 5 nitrogen and oxygen atoms in total. The van der Waals surface area contributed by atoms with Crippen LogP contribution in [0.1, 0.15) is 19.8 Å². The lowest BCUT2D eigenvalue weighted by molar-refractivity contribution is -0.134. The molecular weight excluding hydrogens is 302 g/mol. The molecule has 0 unspecified atom stereocenters. The van der Waals surface area contributed by atoms with Crippen molar-refractivity contribution in [3.63, 3.8) is 0 Å². The van der Waals surface area contributed by atoms with Crippen LogP contribution in [-0.2, 0) is 14.8 Å². The Morgan fingerprint density at radius 2 is 1.50 bits per heavy atom. The second-order valence-corrected chi connectivity index (χ2v) is 5.96. The molecule has 0 atom stereocenters. The van der Waals surface area contributed by atoms with E-state index in [1.54, 1.807) is 30.3 Å². The fourth-order valence-electron chi connectivity index (χ4n) is 1.49. The molecule has 0 spiro atoms. The molecule has 0 aliphatic carbocycles. The molecule has 0 aromatic heterocycles. The molecule has 2 N–H and O–H groups in total. The van der Waals surface area contributed by atoms with Gasteiger partial charge in [-0.3, -0.25) is 4.79 Å². The van der Waals surface area contributed by atoms with Gasteiger partial charge in [0.05, 0.1) is 4.90 Å². The number of benzene rings is 2. The third-order valence-corrected chi connectivity index (χ3v) is 3.43. The molecule has 0 heterocycles. The minimum atomic E-state index is -3.50. The quantitative estimate of drug-likeness (QED) is 0.693. The normalized spacial score (nSPS) is 10.3. The van der Waals surface area contributed by atoms with Gasteiger partial charge in [-0.05, 0) is 30.7 Å². The van der Waals surface area contributed by atoms with Gasteiger partial charge in [0.25, 0.3) is 0 Å². The lowest BCUT2D eigenvalue weighted by atomic mass is 10.3. The fraction of sp³-hybridized carbons (Fsp3) is 0.188. The summed E-state index contributed by atoms with van der Waals surface area (Å²) in [6.45, 7) is 1.95. The Morgan fingerprint density at radius 3 is 1.91 bits per heavy atom. The summed E-state index contributed by atoms with van der Waals surface area (Å²) in [5.41, 5.74) is 0. The van der Waals surface area contributed by atoms with Gasteiger partial charge in [-0.2, -0.15) is 0 Å². The molecule has 118 valence electrons. The van der Waals surface area contributed by atoms with E-state index < -0.39 is 10.0 Å². The van der Waals surface area contributed by atoms with Crippen molar-refractivity contribution in [3.05, 3.63) is 60.7 Å². The zero-order valence-electron chi connectivity index (χ0n) is 12.3. The molecule has 2 aromatic carbocycles. The lowest BCUT2D eigenvalue weighted by Gasteiger charge is -2.01. The molecule has 0 saturated heterocycles. The first-order chi connectivity index (χ1) is 10.4. The highest BCUT2D eigenvalue weighted by Crippen LogP contribution is 2.09. The number of ether oxygens (including phenoxy) is 1. The number of hydrogen-bond donors (Lipinski definition) is 1. The van der Waals surface area contributed by atoms with Crippen molar-refractivity contribution in [2.75, 3.05) is 0 Å². The standard InChI is InChI=1S/C10H12O2.C6H7NO2S/c1-2-6-10(11)12-9-7-4-3-5-8-9;7-10(8,9)6-4-2-1-3-5-6/h3-5,7-8H,2,6H2,1H3;1-5H,(H2,7,8,9). The molecule has 0 radical (unpaired) electrons. The van der Waals surface area contributed by atoms with Crippen molar-refractivity contribution in [1.82, 2.24) is 0 Å². The number of nitrogens with two attached hydrogens (primary N) is 1. The SMILES string of the molecule is CCCC(=O)Oc1ccccc1.NS(=O)(=O)c1ccccc1. The summed E-state index contributed by atoms with van der Waals surface area (Å²) in [7, 11) is -3.50.